The quantitative estimate of drug-likeness (QED) is 0.830. The van der Waals surface area contributed by atoms with E-state index in [1.165, 1.54) is 5.56 Å². The van der Waals surface area contributed by atoms with Crippen molar-refractivity contribution in [1.82, 2.24) is 9.59 Å². The molecule has 0 saturated heterocycles. The van der Waals surface area contributed by atoms with Gasteiger partial charge in [-0.05, 0) is 41.6 Å². The van der Waals surface area contributed by atoms with Gasteiger partial charge in [-0.2, -0.15) is 0 Å². The molecule has 6 heteroatoms. The maximum Gasteiger partial charge on any atom is 0.269 e. The van der Waals surface area contributed by atoms with Gasteiger partial charge >= 0.3 is 0 Å². The molecule has 1 N–H and O–H groups in total. The third-order valence-corrected chi connectivity index (χ3v) is 4.00. The molecule has 0 saturated carbocycles. The molecule has 106 valence electrons. The first-order valence-electron chi connectivity index (χ1n) is 6.40. The molecule has 4 nitrogen and oxygen atoms in total. The number of carbonyl (C=O) groups is 1. The topological polar surface area (TPSA) is 54.9 Å². The van der Waals surface area contributed by atoms with Gasteiger partial charge in [-0.15, -0.1) is 5.10 Å². The van der Waals surface area contributed by atoms with Gasteiger partial charge in [-0.1, -0.05) is 46.4 Å². The number of nitrogens with zero attached hydrogens (tertiary/aromatic N) is 2. The minimum Gasteiger partial charge on any atom is -0.321 e. The summed E-state index contributed by atoms with van der Waals surface area (Å²) in [5.74, 6) is 0.0488. The van der Waals surface area contributed by atoms with Crippen LogP contribution in [0.5, 0.6) is 0 Å². The van der Waals surface area contributed by atoms with E-state index in [4.69, 9.17) is 0 Å². The predicted molar refractivity (Wildman–Crippen MR) is 85.9 cm³/mol. The Bertz CT molecular complexity index is 580. The number of carbonyl (C=O) groups excluding carboxylic acids is 1. The standard InChI is InChI=1S/C14H16BrN3OS/c1-9(2)12-13(20-18-17-12)14(19)16-11-5-3-10(4-6-11)7-8-15/h3-6,9H,7-8H2,1-2H3,(H,16,19). The molecule has 2 aromatic rings. The van der Waals surface area contributed by atoms with Gasteiger partial charge in [-0.3, -0.25) is 4.79 Å². The summed E-state index contributed by atoms with van der Waals surface area (Å²) in [5, 5.41) is 7.84. The van der Waals surface area contributed by atoms with Gasteiger partial charge in [0.15, 0.2) is 0 Å². The van der Waals surface area contributed by atoms with E-state index in [1.54, 1.807) is 0 Å². The minimum absolute atomic E-state index is 0.142. The van der Waals surface area contributed by atoms with Crippen LogP contribution in [0.15, 0.2) is 24.3 Å². The van der Waals surface area contributed by atoms with E-state index in [2.05, 4.69) is 30.8 Å². The normalized spacial score (nSPS) is 10.8. The number of halogens is 1. The van der Waals surface area contributed by atoms with Crippen molar-refractivity contribution < 1.29 is 4.79 Å². The second-order valence-electron chi connectivity index (χ2n) is 4.73. The zero-order chi connectivity index (χ0) is 14.5. The van der Waals surface area contributed by atoms with Crippen molar-refractivity contribution >= 4 is 39.1 Å². The fraction of sp³-hybridized carbons (Fsp3) is 0.357. The van der Waals surface area contributed by atoms with Gasteiger partial charge in [0.25, 0.3) is 5.91 Å². The van der Waals surface area contributed by atoms with E-state index in [0.29, 0.717) is 4.88 Å². The molecule has 0 atom stereocenters. The number of rotatable bonds is 5. The Morgan fingerprint density at radius 2 is 2.05 bits per heavy atom. The molecule has 1 amide bonds. The molecule has 1 heterocycles. The van der Waals surface area contributed by atoms with Gasteiger partial charge in [-0.25, -0.2) is 0 Å². The van der Waals surface area contributed by atoms with Crippen LogP contribution in [0.25, 0.3) is 0 Å². The Labute approximate surface area is 130 Å². The SMILES string of the molecule is CC(C)c1nnsc1C(=O)Nc1ccc(CCBr)cc1. The Kier molecular flexibility index (Phi) is 5.25. The van der Waals surface area contributed by atoms with Crippen LogP contribution in [-0.2, 0) is 6.42 Å². The van der Waals surface area contributed by atoms with Crippen molar-refractivity contribution in [1.29, 1.82) is 0 Å². The summed E-state index contributed by atoms with van der Waals surface area (Å²) >= 11 is 4.55. The zero-order valence-electron chi connectivity index (χ0n) is 11.4. The van der Waals surface area contributed by atoms with Gasteiger partial charge in [0.2, 0.25) is 0 Å². The lowest BCUT2D eigenvalue weighted by molar-refractivity contribution is 0.102. The second-order valence-corrected chi connectivity index (χ2v) is 6.28. The average molecular weight is 354 g/mol. The van der Waals surface area contributed by atoms with Crippen LogP contribution in [0.4, 0.5) is 5.69 Å². The highest BCUT2D eigenvalue weighted by Gasteiger charge is 2.18. The van der Waals surface area contributed by atoms with E-state index in [9.17, 15) is 4.79 Å². The largest absolute Gasteiger partial charge is 0.321 e. The van der Waals surface area contributed by atoms with Crippen molar-refractivity contribution in [2.24, 2.45) is 0 Å². The number of aromatic nitrogens is 2. The third kappa shape index (κ3) is 3.64. The first-order chi connectivity index (χ1) is 9.61. The van der Waals surface area contributed by atoms with Crippen LogP contribution in [0.2, 0.25) is 0 Å². The lowest BCUT2D eigenvalue weighted by Crippen LogP contribution is -2.13. The highest BCUT2D eigenvalue weighted by atomic mass is 79.9. The molecular formula is C14H16BrN3OS. The summed E-state index contributed by atoms with van der Waals surface area (Å²) in [4.78, 5) is 12.8. The van der Waals surface area contributed by atoms with Crippen LogP contribution >= 0.6 is 27.5 Å². The maximum absolute atomic E-state index is 12.2. The zero-order valence-corrected chi connectivity index (χ0v) is 13.8. The van der Waals surface area contributed by atoms with Crippen molar-refractivity contribution in [3.63, 3.8) is 0 Å². The average Bonchev–Trinajstić information content (AvgIpc) is 2.91. The molecule has 0 aliphatic rings. The number of aryl methyl sites for hydroxylation is 1. The number of hydrogen-bond donors (Lipinski definition) is 1. The van der Waals surface area contributed by atoms with Crippen molar-refractivity contribution in [2.45, 2.75) is 26.2 Å². The van der Waals surface area contributed by atoms with E-state index >= 15 is 0 Å². The number of benzene rings is 1. The first kappa shape index (κ1) is 15.1. The molecule has 0 fully saturated rings. The number of amides is 1. The highest BCUT2D eigenvalue weighted by molar-refractivity contribution is 9.09. The van der Waals surface area contributed by atoms with Crippen LogP contribution in [-0.4, -0.2) is 20.8 Å². The number of nitrogens with one attached hydrogen (secondary N) is 1. The highest BCUT2D eigenvalue weighted by Crippen LogP contribution is 2.21. The molecule has 0 aliphatic carbocycles. The van der Waals surface area contributed by atoms with Crippen LogP contribution in [0.1, 0.15) is 40.7 Å². The summed E-state index contributed by atoms with van der Waals surface area (Å²) in [6.07, 6.45) is 0.977. The molecular weight excluding hydrogens is 338 g/mol. The molecule has 1 aromatic carbocycles. The monoisotopic (exact) mass is 353 g/mol. The molecule has 1 aromatic heterocycles. The van der Waals surface area contributed by atoms with E-state index in [-0.39, 0.29) is 11.8 Å². The van der Waals surface area contributed by atoms with Crippen molar-refractivity contribution in [3.8, 4) is 0 Å². The molecule has 0 aliphatic heterocycles. The fourth-order valence-electron chi connectivity index (χ4n) is 1.78. The van der Waals surface area contributed by atoms with Gasteiger partial charge in [0.1, 0.15) is 4.88 Å². The number of alkyl halides is 1. The lowest BCUT2D eigenvalue weighted by atomic mass is 10.1. The van der Waals surface area contributed by atoms with Crippen LogP contribution in [0.3, 0.4) is 0 Å². The fourth-order valence-corrected chi connectivity index (χ4v) is 2.96. The summed E-state index contributed by atoms with van der Waals surface area (Å²) in [6.45, 7) is 4.01. The Morgan fingerprint density at radius 3 is 2.65 bits per heavy atom. The van der Waals surface area contributed by atoms with Crippen molar-refractivity contribution in [3.05, 3.63) is 40.4 Å². The predicted octanol–water partition coefficient (Wildman–Crippen LogP) is 3.85. The minimum atomic E-state index is -0.142. The molecule has 2 rings (SSSR count). The Balaban J connectivity index is 2.09. The molecule has 0 radical (unpaired) electrons. The summed E-state index contributed by atoms with van der Waals surface area (Å²) in [6, 6.07) is 7.87. The maximum atomic E-state index is 12.2. The van der Waals surface area contributed by atoms with E-state index < -0.39 is 0 Å². The summed E-state index contributed by atoms with van der Waals surface area (Å²) < 4.78 is 3.87. The Morgan fingerprint density at radius 1 is 1.35 bits per heavy atom. The van der Waals surface area contributed by atoms with Crippen LogP contribution < -0.4 is 5.32 Å². The van der Waals surface area contributed by atoms with Crippen molar-refractivity contribution in [2.75, 3.05) is 10.6 Å². The molecule has 0 spiro atoms. The summed E-state index contributed by atoms with van der Waals surface area (Å²) in [7, 11) is 0. The summed E-state index contributed by atoms with van der Waals surface area (Å²) in [5.41, 5.74) is 2.78. The van der Waals surface area contributed by atoms with Gasteiger partial charge < -0.3 is 5.32 Å². The molecule has 0 unspecified atom stereocenters. The van der Waals surface area contributed by atoms with Crippen LogP contribution in [0, 0.1) is 0 Å². The smallest absolute Gasteiger partial charge is 0.269 e. The Hall–Kier alpha value is -1.27. The van der Waals surface area contributed by atoms with E-state index in [0.717, 1.165) is 34.7 Å². The van der Waals surface area contributed by atoms with Gasteiger partial charge in [0, 0.05) is 11.0 Å². The number of anilines is 1. The first-order valence-corrected chi connectivity index (χ1v) is 8.29. The van der Waals surface area contributed by atoms with Gasteiger partial charge in [0.05, 0.1) is 5.69 Å². The molecule has 20 heavy (non-hydrogen) atoms. The second kappa shape index (κ2) is 6.95. The lowest BCUT2D eigenvalue weighted by Gasteiger charge is -2.07. The third-order valence-electron chi connectivity index (χ3n) is 2.86. The number of hydrogen-bond acceptors (Lipinski definition) is 4. The van der Waals surface area contributed by atoms with E-state index in [1.807, 2.05) is 38.1 Å². The molecule has 0 bridgehead atoms.